The first kappa shape index (κ1) is 12.7. The quantitative estimate of drug-likeness (QED) is 0.701. The zero-order chi connectivity index (χ0) is 14.3. The van der Waals surface area contributed by atoms with Crippen LogP contribution in [-0.4, -0.2) is 9.78 Å². The highest BCUT2D eigenvalue weighted by atomic mass is 15.3. The summed E-state index contributed by atoms with van der Waals surface area (Å²) in [5.41, 5.74) is 15.6. The Balaban J connectivity index is 2.10. The number of anilines is 1. The third-order valence-electron chi connectivity index (χ3n) is 3.50. The summed E-state index contributed by atoms with van der Waals surface area (Å²) in [5, 5.41) is 5.39. The molecule has 4 N–H and O–H groups in total. The molecule has 1 aromatic heterocycles. The summed E-state index contributed by atoms with van der Waals surface area (Å²) >= 11 is 0. The van der Waals surface area contributed by atoms with Gasteiger partial charge in [-0.25, -0.2) is 4.68 Å². The predicted molar refractivity (Wildman–Crippen MR) is 82.7 cm³/mol. The summed E-state index contributed by atoms with van der Waals surface area (Å²) in [6, 6.07) is 14.0. The van der Waals surface area contributed by atoms with Gasteiger partial charge in [0.25, 0.3) is 0 Å². The van der Waals surface area contributed by atoms with Crippen LogP contribution in [0.5, 0.6) is 0 Å². The lowest BCUT2D eigenvalue weighted by molar-refractivity contribution is 0.554. The summed E-state index contributed by atoms with van der Waals surface area (Å²) in [4.78, 5) is 0. The van der Waals surface area contributed by atoms with Crippen molar-refractivity contribution < 1.29 is 0 Å². The first-order chi connectivity index (χ1) is 9.47. The van der Waals surface area contributed by atoms with Crippen molar-refractivity contribution in [1.29, 1.82) is 0 Å². The lowest BCUT2D eigenvalue weighted by Crippen LogP contribution is -2.28. The minimum Gasteiger partial charge on any atom is -0.398 e. The van der Waals surface area contributed by atoms with Crippen LogP contribution in [-0.2, 0) is 5.54 Å². The largest absolute Gasteiger partial charge is 0.398 e. The molecule has 3 rings (SSSR count). The molecule has 0 saturated carbocycles. The number of rotatable bonds is 2. The van der Waals surface area contributed by atoms with Gasteiger partial charge in [0.15, 0.2) is 0 Å². The van der Waals surface area contributed by atoms with E-state index in [9.17, 15) is 0 Å². The fraction of sp³-hybridized carbons (Fsp3) is 0.188. The fourth-order valence-electron chi connectivity index (χ4n) is 2.31. The molecule has 102 valence electrons. The molecule has 0 aliphatic heterocycles. The van der Waals surface area contributed by atoms with Crippen LogP contribution in [0.2, 0.25) is 0 Å². The number of nitrogen functional groups attached to an aromatic ring is 1. The number of hydrogen-bond donors (Lipinski definition) is 2. The van der Waals surface area contributed by atoms with E-state index in [-0.39, 0.29) is 5.54 Å². The minimum absolute atomic E-state index is 0.338. The number of fused-ring (bicyclic) bond motifs is 1. The van der Waals surface area contributed by atoms with Gasteiger partial charge in [-0.05, 0) is 43.7 Å². The molecule has 0 radical (unpaired) electrons. The van der Waals surface area contributed by atoms with Crippen molar-refractivity contribution in [3.8, 4) is 5.69 Å². The Morgan fingerprint density at radius 2 is 1.75 bits per heavy atom. The van der Waals surface area contributed by atoms with E-state index in [1.807, 2.05) is 61.0 Å². The molecule has 0 atom stereocenters. The van der Waals surface area contributed by atoms with Gasteiger partial charge >= 0.3 is 0 Å². The Hall–Kier alpha value is -2.33. The highest BCUT2D eigenvalue weighted by molar-refractivity contribution is 5.91. The van der Waals surface area contributed by atoms with Crippen LogP contribution >= 0.6 is 0 Å². The molecule has 0 aliphatic carbocycles. The van der Waals surface area contributed by atoms with Crippen molar-refractivity contribution in [3.05, 3.63) is 54.2 Å². The number of nitrogens with two attached hydrogens (primary N) is 2. The monoisotopic (exact) mass is 266 g/mol. The van der Waals surface area contributed by atoms with Crippen molar-refractivity contribution >= 4 is 16.6 Å². The second-order valence-corrected chi connectivity index (χ2v) is 5.60. The lowest BCUT2D eigenvalue weighted by atomic mass is 9.96. The van der Waals surface area contributed by atoms with E-state index < -0.39 is 0 Å². The second kappa shape index (κ2) is 4.35. The SMILES string of the molecule is CC(C)(N)c1ccc(-n2ncc3c(N)cccc32)cc1. The maximum Gasteiger partial charge on any atom is 0.0761 e. The van der Waals surface area contributed by atoms with Crippen molar-refractivity contribution in [3.63, 3.8) is 0 Å². The minimum atomic E-state index is -0.338. The van der Waals surface area contributed by atoms with E-state index in [1.165, 1.54) is 0 Å². The van der Waals surface area contributed by atoms with Gasteiger partial charge in [-0.1, -0.05) is 18.2 Å². The molecule has 0 saturated heterocycles. The van der Waals surface area contributed by atoms with Crippen molar-refractivity contribution in [2.75, 3.05) is 5.73 Å². The van der Waals surface area contributed by atoms with Crippen molar-refractivity contribution in [2.45, 2.75) is 19.4 Å². The molecule has 20 heavy (non-hydrogen) atoms. The molecular formula is C16H18N4. The molecule has 2 aromatic carbocycles. The fourth-order valence-corrected chi connectivity index (χ4v) is 2.31. The van der Waals surface area contributed by atoms with E-state index in [1.54, 1.807) is 6.20 Å². The Labute approximate surface area is 118 Å². The molecule has 0 bridgehead atoms. The van der Waals surface area contributed by atoms with E-state index >= 15 is 0 Å². The van der Waals surface area contributed by atoms with Crippen LogP contribution in [0.15, 0.2) is 48.7 Å². The Bertz CT molecular complexity index is 748. The summed E-state index contributed by atoms with van der Waals surface area (Å²) in [6.07, 6.45) is 1.80. The highest BCUT2D eigenvalue weighted by Gasteiger charge is 2.14. The third-order valence-corrected chi connectivity index (χ3v) is 3.50. The zero-order valence-electron chi connectivity index (χ0n) is 11.7. The van der Waals surface area contributed by atoms with Gasteiger partial charge in [0.1, 0.15) is 0 Å². The summed E-state index contributed by atoms with van der Waals surface area (Å²) in [7, 11) is 0. The van der Waals surface area contributed by atoms with Crippen LogP contribution in [0.3, 0.4) is 0 Å². The third kappa shape index (κ3) is 2.04. The lowest BCUT2D eigenvalue weighted by Gasteiger charge is -2.19. The van der Waals surface area contributed by atoms with Crippen LogP contribution in [0.25, 0.3) is 16.6 Å². The van der Waals surface area contributed by atoms with Gasteiger partial charge in [-0.2, -0.15) is 5.10 Å². The smallest absolute Gasteiger partial charge is 0.0761 e. The highest BCUT2D eigenvalue weighted by Crippen LogP contribution is 2.24. The van der Waals surface area contributed by atoms with Gasteiger partial charge in [0.2, 0.25) is 0 Å². The number of hydrogen-bond acceptors (Lipinski definition) is 3. The number of aromatic nitrogens is 2. The molecule has 3 aromatic rings. The van der Waals surface area contributed by atoms with Gasteiger partial charge < -0.3 is 11.5 Å². The Morgan fingerprint density at radius 1 is 1.05 bits per heavy atom. The summed E-state index contributed by atoms with van der Waals surface area (Å²) in [5.74, 6) is 0. The molecular weight excluding hydrogens is 248 g/mol. The van der Waals surface area contributed by atoms with E-state index in [4.69, 9.17) is 11.5 Å². The summed E-state index contributed by atoms with van der Waals surface area (Å²) < 4.78 is 1.89. The van der Waals surface area contributed by atoms with Gasteiger partial charge in [0.05, 0.1) is 17.4 Å². The molecule has 4 nitrogen and oxygen atoms in total. The summed E-state index contributed by atoms with van der Waals surface area (Å²) in [6.45, 7) is 3.98. The van der Waals surface area contributed by atoms with E-state index in [2.05, 4.69) is 5.10 Å². The van der Waals surface area contributed by atoms with Crippen LogP contribution in [0.4, 0.5) is 5.69 Å². The Kier molecular flexibility index (Phi) is 2.76. The molecule has 0 amide bonds. The van der Waals surface area contributed by atoms with Gasteiger partial charge in [-0.3, -0.25) is 0 Å². The molecule has 0 aliphatic rings. The molecule has 4 heteroatoms. The Morgan fingerprint density at radius 3 is 2.40 bits per heavy atom. The molecule has 1 heterocycles. The maximum atomic E-state index is 6.10. The van der Waals surface area contributed by atoms with Crippen molar-refractivity contribution in [2.24, 2.45) is 5.73 Å². The molecule has 0 fully saturated rings. The second-order valence-electron chi connectivity index (χ2n) is 5.60. The average molecular weight is 266 g/mol. The average Bonchev–Trinajstić information content (AvgIpc) is 2.83. The topological polar surface area (TPSA) is 69.9 Å². The first-order valence-corrected chi connectivity index (χ1v) is 6.59. The van der Waals surface area contributed by atoms with Crippen LogP contribution < -0.4 is 11.5 Å². The predicted octanol–water partition coefficient (Wildman–Crippen LogP) is 2.80. The van der Waals surface area contributed by atoms with Gasteiger partial charge in [0, 0.05) is 16.6 Å². The van der Waals surface area contributed by atoms with Crippen LogP contribution in [0.1, 0.15) is 19.4 Å². The first-order valence-electron chi connectivity index (χ1n) is 6.59. The van der Waals surface area contributed by atoms with Crippen LogP contribution in [0, 0.1) is 0 Å². The standard InChI is InChI=1S/C16H18N4/c1-16(2,18)11-6-8-12(9-7-11)20-15-5-3-4-14(17)13(15)10-19-20/h3-10H,17-18H2,1-2H3. The van der Waals surface area contributed by atoms with E-state index in [0.29, 0.717) is 0 Å². The number of benzene rings is 2. The van der Waals surface area contributed by atoms with Gasteiger partial charge in [-0.15, -0.1) is 0 Å². The normalized spacial score (nSPS) is 11.9. The molecule has 0 unspecified atom stereocenters. The molecule has 0 spiro atoms. The number of nitrogens with zero attached hydrogens (tertiary/aromatic N) is 2. The van der Waals surface area contributed by atoms with E-state index in [0.717, 1.165) is 27.8 Å². The maximum absolute atomic E-state index is 6.10. The van der Waals surface area contributed by atoms with Crippen molar-refractivity contribution in [1.82, 2.24) is 9.78 Å². The zero-order valence-corrected chi connectivity index (χ0v) is 11.7.